The van der Waals surface area contributed by atoms with Crippen LogP contribution in [0, 0.1) is 17.8 Å². The van der Waals surface area contributed by atoms with Crippen LogP contribution in [0.2, 0.25) is 0 Å². The molecule has 0 amide bonds. The van der Waals surface area contributed by atoms with Crippen molar-refractivity contribution in [3.05, 3.63) is 12.7 Å². The molecule has 1 fully saturated rings. The summed E-state index contributed by atoms with van der Waals surface area (Å²) in [6.07, 6.45) is 5.91. The SMILES string of the molecule is C=CCC1CC(C)CC1COC. The zero-order chi connectivity index (χ0) is 8.97. The fourth-order valence-corrected chi connectivity index (χ4v) is 2.44. The predicted molar refractivity (Wildman–Crippen MR) is 52.1 cm³/mol. The molecular weight excluding hydrogens is 148 g/mol. The van der Waals surface area contributed by atoms with Gasteiger partial charge >= 0.3 is 0 Å². The van der Waals surface area contributed by atoms with Crippen LogP contribution >= 0.6 is 0 Å². The second-order valence-electron chi connectivity index (χ2n) is 4.08. The Morgan fingerprint density at radius 1 is 1.42 bits per heavy atom. The lowest BCUT2D eigenvalue weighted by Crippen LogP contribution is -2.12. The molecule has 1 nitrogen and oxygen atoms in total. The highest BCUT2D eigenvalue weighted by Gasteiger charge is 2.30. The third-order valence-corrected chi connectivity index (χ3v) is 2.93. The Morgan fingerprint density at radius 3 is 2.67 bits per heavy atom. The van der Waals surface area contributed by atoms with E-state index in [1.165, 1.54) is 19.3 Å². The lowest BCUT2D eigenvalue weighted by molar-refractivity contribution is 0.133. The Bertz CT molecular complexity index is 142. The Hall–Kier alpha value is -0.300. The van der Waals surface area contributed by atoms with Crippen LogP contribution in [0.15, 0.2) is 12.7 Å². The van der Waals surface area contributed by atoms with Gasteiger partial charge in [-0.25, -0.2) is 0 Å². The number of methoxy groups -OCH3 is 1. The molecule has 1 heteroatoms. The molecule has 0 radical (unpaired) electrons. The minimum absolute atomic E-state index is 0.781. The summed E-state index contributed by atoms with van der Waals surface area (Å²) in [5.41, 5.74) is 0. The van der Waals surface area contributed by atoms with E-state index in [0.717, 1.165) is 24.4 Å². The first kappa shape index (κ1) is 9.79. The molecular formula is C11H20O. The van der Waals surface area contributed by atoms with Gasteiger partial charge in [-0.3, -0.25) is 0 Å². The third kappa shape index (κ3) is 2.34. The summed E-state index contributed by atoms with van der Waals surface area (Å²) in [6.45, 7) is 7.08. The van der Waals surface area contributed by atoms with E-state index in [4.69, 9.17) is 4.74 Å². The zero-order valence-corrected chi connectivity index (χ0v) is 8.25. The first-order valence-corrected chi connectivity index (χ1v) is 4.87. The highest BCUT2D eigenvalue weighted by atomic mass is 16.5. The van der Waals surface area contributed by atoms with Gasteiger partial charge in [0.05, 0.1) is 0 Å². The van der Waals surface area contributed by atoms with Gasteiger partial charge < -0.3 is 4.74 Å². The molecule has 1 aliphatic carbocycles. The Morgan fingerprint density at radius 2 is 2.08 bits per heavy atom. The molecule has 0 saturated heterocycles. The van der Waals surface area contributed by atoms with Gasteiger partial charge in [0.1, 0.15) is 0 Å². The summed E-state index contributed by atoms with van der Waals surface area (Å²) in [5, 5.41) is 0. The fourth-order valence-electron chi connectivity index (χ4n) is 2.44. The molecule has 0 bridgehead atoms. The van der Waals surface area contributed by atoms with E-state index in [1.54, 1.807) is 7.11 Å². The molecule has 0 aromatic rings. The van der Waals surface area contributed by atoms with Crippen LogP contribution in [0.1, 0.15) is 26.2 Å². The predicted octanol–water partition coefficient (Wildman–Crippen LogP) is 2.87. The lowest BCUT2D eigenvalue weighted by atomic mass is 9.94. The van der Waals surface area contributed by atoms with Crippen LogP contribution in [0.4, 0.5) is 0 Å². The van der Waals surface area contributed by atoms with Gasteiger partial charge in [0.15, 0.2) is 0 Å². The van der Waals surface area contributed by atoms with Gasteiger partial charge in [0.2, 0.25) is 0 Å². The van der Waals surface area contributed by atoms with Gasteiger partial charge in [0.25, 0.3) is 0 Å². The fraction of sp³-hybridized carbons (Fsp3) is 0.818. The molecule has 12 heavy (non-hydrogen) atoms. The number of rotatable bonds is 4. The van der Waals surface area contributed by atoms with Crippen LogP contribution in [-0.4, -0.2) is 13.7 Å². The van der Waals surface area contributed by atoms with Crippen molar-refractivity contribution in [2.45, 2.75) is 26.2 Å². The maximum Gasteiger partial charge on any atom is 0.0493 e. The monoisotopic (exact) mass is 168 g/mol. The maximum atomic E-state index is 5.22. The van der Waals surface area contributed by atoms with Gasteiger partial charge in [-0.2, -0.15) is 0 Å². The van der Waals surface area contributed by atoms with Gasteiger partial charge in [-0.15, -0.1) is 6.58 Å². The summed E-state index contributed by atoms with van der Waals surface area (Å²) in [5.74, 6) is 2.50. The Balaban J connectivity index is 2.41. The Labute approximate surface area is 75.8 Å². The number of allylic oxidation sites excluding steroid dienone is 1. The lowest BCUT2D eigenvalue weighted by Gasteiger charge is -2.16. The maximum absolute atomic E-state index is 5.22. The molecule has 0 spiro atoms. The summed E-state index contributed by atoms with van der Waals surface area (Å²) in [7, 11) is 1.80. The largest absolute Gasteiger partial charge is 0.384 e. The molecule has 0 N–H and O–H groups in total. The molecule has 70 valence electrons. The highest BCUT2D eigenvalue weighted by molar-refractivity contribution is 4.85. The van der Waals surface area contributed by atoms with Crippen molar-refractivity contribution in [3.63, 3.8) is 0 Å². The topological polar surface area (TPSA) is 9.23 Å². The van der Waals surface area contributed by atoms with Crippen molar-refractivity contribution in [1.82, 2.24) is 0 Å². The van der Waals surface area contributed by atoms with Gasteiger partial charge in [0, 0.05) is 13.7 Å². The molecule has 1 saturated carbocycles. The van der Waals surface area contributed by atoms with Crippen LogP contribution in [0.5, 0.6) is 0 Å². The normalized spacial score (nSPS) is 35.3. The van der Waals surface area contributed by atoms with E-state index in [-0.39, 0.29) is 0 Å². The van der Waals surface area contributed by atoms with E-state index in [9.17, 15) is 0 Å². The van der Waals surface area contributed by atoms with Crippen molar-refractivity contribution >= 4 is 0 Å². The van der Waals surface area contributed by atoms with Crippen molar-refractivity contribution in [2.24, 2.45) is 17.8 Å². The Kier molecular flexibility index (Phi) is 3.80. The summed E-state index contributed by atoms with van der Waals surface area (Å²) in [4.78, 5) is 0. The minimum Gasteiger partial charge on any atom is -0.384 e. The molecule has 3 unspecified atom stereocenters. The number of hydrogen-bond acceptors (Lipinski definition) is 1. The molecule has 3 atom stereocenters. The molecule has 0 aromatic carbocycles. The smallest absolute Gasteiger partial charge is 0.0493 e. The van der Waals surface area contributed by atoms with Crippen LogP contribution in [0.3, 0.4) is 0 Å². The highest BCUT2D eigenvalue weighted by Crippen LogP contribution is 2.38. The zero-order valence-electron chi connectivity index (χ0n) is 8.25. The molecule has 0 aliphatic heterocycles. The number of ether oxygens (including phenoxy) is 1. The molecule has 1 aliphatic rings. The molecule has 0 aromatic heterocycles. The van der Waals surface area contributed by atoms with E-state index >= 15 is 0 Å². The second kappa shape index (κ2) is 4.66. The average Bonchev–Trinajstić information content (AvgIpc) is 2.33. The van der Waals surface area contributed by atoms with E-state index in [2.05, 4.69) is 13.5 Å². The summed E-state index contributed by atoms with van der Waals surface area (Å²) in [6, 6.07) is 0. The first-order chi connectivity index (χ1) is 5.77. The van der Waals surface area contributed by atoms with Gasteiger partial charge in [-0.1, -0.05) is 13.0 Å². The third-order valence-electron chi connectivity index (χ3n) is 2.93. The van der Waals surface area contributed by atoms with E-state index in [1.807, 2.05) is 6.08 Å². The van der Waals surface area contributed by atoms with Crippen LogP contribution in [0.25, 0.3) is 0 Å². The second-order valence-corrected chi connectivity index (χ2v) is 4.08. The average molecular weight is 168 g/mol. The minimum atomic E-state index is 0.781. The van der Waals surface area contributed by atoms with E-state index < -0.39 is 0 Å². The first-order valence-electron chi connectivity index (χ1n) is 4.87. The standard InChI is InChI=1S/C11H20O/c1-4-5-10-6-9(2)7-11(10)8-12-3/h4,9-11H,1,5-8H2,2-3H3. The van der Waals surface area contributed by atoms with E-state index in [0.29, 0.717) is 0 Å². The summed E-state index contributed by atoms with van der Waals surface area (Å²) < 4.78 is 5.22. The van der Waals surface area contributed by atoms with Crippen molar-refractivity contribution in [3.8, 4) is 0 Å². The quantitative estimate of drug-likeness (QED) is 0.586. The van der Waals surface area contributed by atoms with Crippen molar-refractivity contribution in [2.75, 3.05) is 13.7 Å². The number of hydrogen-bond donors (Lipinski definition) is 0. The molecule has 1 rings (SSSR count). The van der Waals surface area contributed by atoms with Gasteiger partial charge in [-0.05, 0) is 37.0 Å². The van der Waals surface area contributed by atoms with Crippen LogP contribution in [-0.2, 0) is 4.74 Å². The summed E-state index contributed by atoms with van der Waals surface area (Å²) >= 11 is 0. The van der Waals surface area contributed by atoms with Crippen molar-refractivity contribution < 1.29 is 4.74 Å². The molecule has 0 heterocycles. The van der Waals surface area contributed by atoms with Crippen molar-refractivity contribution in [1.29, 1.82) is 0 Å². The van der Waals surface area contributed by atoms with Crippen LogP contribution < -0.4 is 0 Å².